The van der Waals surface area contributed by atoms with Gasteiger partial charge in [0.05, 0.1) is 0 Å². The number of hydrogen-bond acceptors (Lipinski definition) is 1. The molecule has 0 atom stereocenters. The Balaban J connectivity index is 2.04. The summed E-state index contributed by atoms with van der Waals surface area (Å²) in [5.74, 6) is 0. The van der Waals surface area contributed by atoms with Gasteiger partial charge in [-0.2, -0.15) is 0 Å². The third-order valence-corrected chi connectivity index (χ3v) is 4.39. The summed E-state index contributed by atoms with van der Waals surface area (Å²) in [6, 6.07) is 16.6. The molecule has 0 bridgehead atoms. The molecular weight excluding hydrogens is 266 g/mol. The fourth-order valence-corrected chi connectivity index (χ4v) is 3.00. The van der Waals surface area contributed by atoms with E-state index in [2.05, 4.69) is 61.7 Å². The predicted molar refractivity (Wildman–Crippen MR) is 86.2 cm³/mol. The lowest BCUT2D eigenvalue weighted by Gasteiger charge is -2.26. The van der Waals surface area contributed by atoms with Crippen LogP contribution in [0.4, 0.5) is 5.69 Å². The number of halogens is 1. The number of allylic oxidation sites excluding steroid dienone is 1. The predicted octanol–water partition coefficient (Wildman–Crippen LogP) is 5.15. The zero-order chi connectivity index (χ0) is 14.3. The van der Waals surface area contributed by atoms with Crippen molar-refractivity contribution < 1.29 is 0 Å². The van der Waals surface area contributed by atoms with Crippen molar-refractivity contribution >= 4 is 17.3 Å². The SMILES string of the molecule is C=C1N(Cc2ccccc2)c2ccc(Cl)cc2C1(C)C. The Kier molecular flexibility index (Phi) is 3.10. The maximum absolute atomic E-state index is 6.16. The van der Waals surface area contributed by atoms with E-state index < -0.39 is 0 Å². The van der Waals surface area contributed by atoms with E-state index in [0.717, 1.165) is 17.3 Å². The molecule has 1 aliphatic rings. The molecule has 0 aromatic heterocycles. The van der Waals surface area contributed by atoms with Crippen LogP contribution in [0, 0.1) is 0 Å². The van der Waals surface area contributed by atoms with Gasteiger partial charge in [-0.05, 0) is 29.3 Å². The third kappa shape index (κ3) is 2.03. The van der Waals surface area contributed by atoms with Gasteiger partial charge in [0.15, 0.2) is 0 Å². The van der Waals surface area contributed by atoms with Crippen molar-refractivity contribution in [2.45, 2.75) is 25.8 Å². The van der Waals surface area contributed by atoms with Crippen molar-refractivity contribution in [3.05, 3.63) is 77.0 Å². The van der Waals surface area contributed by atoms with Crippen LogP contribution in [0.3, 0.4) is 0 Å². The average Bonchev–Trinajstić information content (AvgIpc) is 2.62. The summed E-state index contributed by atoms with van der Waals surface area (Å²) < 4.78 is 0. The van der Waals surface area contributed by atoms with Crippen LogP contribution in [0.15, 0.2) is 60.8 Å². The number of rotatable bonds is 2. The Morgan fingerprint density at radius 2 is 1.80 bits per heavy atom. The molecule has 0 aliphatic carbocycles. The van der Waals surface area contributed by atoms with Crippen LogP contribution in [-0.2, 0) is 12.0 Å². The molecule has 20 heavy (non-hydrogen) atoms. The van der Waals surface area contributed by atoms with Gasteiger partial charge in [0.2, 0.25) is 0 Å². The maximum Gasteiger partial charge on any atom is 0.0478 e. The molecule has 0 saturated carbocycles. The van der Waals surface area contributed by atoms with Gasteiger partial charge in [-0.3, -0.25) is 0 Å². The van der Waals surface area contributed by atoms with Crippen LogP contribution in [-0.4, -0.2) is 0 Å². The first-order valence-corrected chi connectivity index (χ1v) is 7.19. The standard InChI is InChI=1S/C18H18ClN/c1-13-18(2,3)16-11-15(19)9-10-17(16)20(13)12-14-7-5-4-6-8-14/h4-11H,1,12H2,2-3H3. The lowest BCUT2D eigenvalue weighted by Crippen LogP contribution is -2.24. The second-order valence-electron chi connectivity index (χ2n) is 5.80. The van der Waals surface area contributed by atoms with Crippen LogP contribution in [0.25, 0.3) is 0 Å². The van der Waals surface area contributed by atoms with Gasteiger partial charge in [0, 0.05) is 28.4 Å². The average molecular weight is 284 g/mol. The maximum atomic E-state index is 6.16. The van der Waals surface area contributed by atoms with Gasteiger partial charge in [-0.1, -0.05) is 62.4 Å². The van der Waals surface area contributed by atoms with Crippen LogP contribution < -0.4 is 4.90 Å². The van der Waals surface area contributed by atoms with Crippen molar-refractivity contribution in [2.24, 2.45) is 0 Å². The summed E-state index contributed by atoms with van der Waals surface area (Å²) in [4.78, 5) is 2.29. The van der Waals surface area contributed by atoms with Crippen LogP contribution in [0.2, 0.25) is 5.02 Å². The largest absolute Gasteiger partial charge is 0.340 e. The number of hydrogen-bond donors (Lipinski definition) is 0. The fourth-order valence-electron chi connectivity index (χ4n) is 2.83. The minimum absolute atomic E-state index is 0.0744. The molecule has 0 N–H and O–H groups in total. The molecule has 2 aromatic carbocycles. The first kappa shape index (κ1) is 13.3. The Bertz CT molecular complexity index is 658. The number of benzene rings is 2. The Morgan fingerprint density at radius 3 is 2.50 bits per heavy atom. The molecule has 2 heteroatoms. The molecule has 102 valence electrons. The summed E-state index contributed by atoms with van der Waals surface area (Å²) in [5, 5.41) is 0.784. The smallest absolute Gasteiger partial charge is 0.0478 e. The molecular formula is C18H18ClN. The minimum Gasteiger partial charge on any atom is -0.340 e. The Hall–Kier alpha value is -1.73. The van der Waals surface area contributed by atoms with E-state index in [9.17, 15) is 0 Å². The first-order chi connectivity index (χ1) is 9.50. The summed E-state index contributed by atoms with van der Waals surface area (Å²) >= 11 is 6.16. The third-order valence-electron chi connectivity index (χ3n) is 4.15. The van der Waals surface area contributed by atoms with E-state index in [1.54, 1.807) is 0 Å². The molecule has 0 amide bonds. The molecule has 0 spiro atoms. The van der Waals surface area contributed by atoms with Gasteiger partial charge >= 0.3 is 0 Å². The minimum atomic E-state index is -0.0744. The summed E-state index contributed by atoms with van der Waals surface area (Å²) in [6.07, 6.45) is 0. The number of nitrogens with zero attached hydrogens (tertiary/aromatic N) is 1. The van der Waals surface area contributed by atoms with E-state index in [1.165, 1.54) is 16.8 Å². The highest BCUT2D eigenvalue weighted by Crippen LogP contribution is 2.48. The molecule has 0 radical (unpaired) electrons. The van der Waals surface area contributed by atoms with Crippen molar-refractivity contribution in [1.29, 1.82) is 0 Å². The van der Waals surface area contributed by atoms with Crippen LogP contribution in [0.1, 0.15) is 25.0 Å². The Morgan fingerprint density at radius 1 is 1.10 bits per heavy atom. The molecule has 0 fully saturated rings. The zero-order valence-electron chi connectivity index (χ0n) is 11.9. The van der Waals surface area contributed by atoms with Crippen LogP contribution in [0.5, 0.6) is 0 Å². The highest BCUT2D eigenvalue weighted by molar-refractivity contribution is 6.30. The highest BCUT2D eigenvalue weighted by Gasteiger charge is 2.38. The molecule has 1 aliphatic heterocycles. The van der Waals surface area contributed by atoms with Crippen LogP contribution >= 0.6 is 11.6 Å². The zero-order valence-corrected chi connectivity index (χ0v) is 12.6. The van der Waals surface area contributed by atoms with Crippen molar-refractivity contribution in [1.82, 2.24) is 0 Å². The van der Waals surface area contributed by atoms with Gasteiger partial charge < -0.3 is 4.90 Å². The monoisotopic (exact) mass is 283 g/mol. The van der Waals surface area contributed by atoms with Crippen molar-refractivity contribution in [3.8, 4) is 0 Å². The topological polar surface area (TPSA) is 3.24 Å². The van der Waals surface area contributed by atoms with E-state index in [1.807, 2.05) is 12.1 Å². The molecule has 3 rings (SSSR count). The van der Waals surface area contributed by atoms with Gasteiger partial charge in [0.25, 0.3) is 0 Å². The second-order valence-corrected chi connectivity index (χ2v) is 6.24. The summed E-state index contributed by atoms with van der Waals surface area (Å²) in [7, 11) is 0. The molecule has 2 aromatic rings. The number of anilines is 1. The molecule has 0 unspecified atom stereocenters. The quantitative estimate of drug-likeness (QED) is 0.736. The lowest BCUT2D eigenvalue weighted by atomic mass is 9.84. The highest BCUT2D eigenvalue weighted by atomic mass is 35.5. The van der Waals surface area contributed by atoms with E-state index >= 15 is 0 Å². The van der Waals surface area contributed by atoms with E-state index in [-0.39, 0.29) is 5.41 Å². The number of fused-ring (bicyclic) bond motifs is 1. The first-order valence-electron chi connectivity index (χ1n) is 6.81. The Labute approximate surface area is 125 Å². The van der Waals surface area contributed by atoms with Gasteiger partial charge in [0.1, 0.15) is 0 Å². The molecule has 0 saturated heterocycles. The summed E-state index contributed by atoms with van der Waals surface area (Å²) in [5.41, 5.74) is 4.81. The second kappa shape index (κ2) is 4.68. The van der Waals surface area contributed by atoms with Gasteiger partial charge in [-0.15, -0.1) is 0 Å². The normalized spacial score (nSPS) is 16.4. The van der Waals surface area contributed by atoms with E-state index in [0.29, 0.717) is 0 Å². The van der Waals surface area contributed by atoms with E-state index in [4.69, 9.17) is 11.6 Å². The molecule has 1 heterocycles. The van der Waals surface area contributed by atoms with Gasteiger partial charge in [-0.25, -0.2) is 0 Å². The lowest BCUT2D eigenvalue weighted by molar-refractivity contribution is 0.633. The molecule has 1 nitrogen and oxygen atoms in total. The summed E-state index contributed by atoms with van der Waals surface area (Å²) in [6.45, 7) is 9.56. The van der Waals surface area contributed by atoms with Crippen molar-refractivity contribution in [3.63, 3.8) is 0 Å². The fraction of sp³-hybridized carbons (Fsp3) is 0.222. The van der Waals surface area contributed by atoms with Crippen molar-refractivity contribution in [2.75, 3.05) is 4.90 Å².